The van der Waals surface area contributed by atoms with Crippen LogP contribution in [0.2, 0.25) is 10.0 Å². The van der Waals surface area contributed by atoms with E-state index in [-0.39, 0.29) is 33.8 Å². The van der Waals surface area contributed by atoms with Crippen LogP contribution in [-0.2, 0) is 14.8 Å². The van der Waals surface area contributed by atoms with Crippen molar-refractivity contribution in [2.45, 2.75) is 75.6 Å². The van der Waals surface area contributed by atoms with Crippen LogP contribution >= 0.6 is 23.2 Å². The van der Waals surface area contributed by atoms with E-state index in [2.05, 4.69) is 9.82 Å². The molecular formula is C18H25Cl2N3O4S. The molecule has 2 saturated carbocycles. The first-order valence-corrected chi connectivity index (χ1v) is 12.0. The van der Waals surface area contributed by atoms with Crippen molar-refractivity contribution < 1.29 is 13.2 Å². The monoisotopic (exact) mass is 449 g/mol. The van der Waals surface area contributed by atoms with Crippen LogP contribution < -0.4 is 10.3 Å². The number of rotatable bonds is 5. The van der Waals surface area contributed by atoms with E-state index < -0.39 is 20.8 Å². The zero-order chi connectivity index (χ0) is 20.5. The highest BCUT2D eigenvalue weighted by molar-refractivity contribution is 7.90. The number of carbonyl (C=O) groups is 1. The minimum Gasteiger partial charge on any atom is -0.300 e. The van der Waals surface area contributed by atoms with E-state index in [0.29, 0.717) is 32.1 Å². The van der Waals surface area contributed by atoms with Gasteiger partial charge in [-0.15, -0.1) is 0 Å². The molecule has 1 aromatic rings. The number of hydrogen-bond acceptors (Lipinski definition) is 5. The van der Waals surface area contributed by atoms with Crippen molar-refractivity contribution in [3.05, 3.63) is 26.6 Å². The number of Topliss-reactive ketones (excluding diaryl/α,β-unsaturated/α-hetero) is 1. The molecule has 2 fully saturated rings. The molecule has 0 radical (unpaired) electrons. The smallest absolute Gasteiger partial charge is 0.287 e. The van der Waals surface area contributed by atoms with Crippen LogP contribution in [0, 0.1) is 5.92 Å². The van der Waals surface area contributed by atoms with E-state index >= 15 is 0 Å². The number of nitrogens with zero attached hydrogens (tertiary/aromatic N) is 2. The molecule has 2 unspecified atom stereocenters. The third-order valence-corrected chi connectivity index (χ3v) is 8.66. The molecule has 2 aliphatic carbocycles. The number of hydrogen-bond donors (Lipinski definition) is 1. The fourth-order valence-electron chi connectivity index (χ4n) is 4.35. The van der Waals surface area contributed by atoms with Gasteiger partial charge in [-0.3, -0.25) is 9.59 Å². The average Bonchev–Trinajstić information content (AvgIpc) is 2.66. The summed E-state index contributed by atoms with van der Waals surface area (Å²) in [6.45, 7) is 1.53. The molecule has 156 valence electrons. The summed E-state index contributed by atoms with van der Waals surface area (Å²) in [5.74, 6) is -0.194. The van der Waals surface area contributed by atoms with Gasteiger partial charge in [-0.25, -0.2) is 17.8 Å². The van der Waals surface area contributed by atoms with Crippen LogP contribution in [0.5, 0.6) is 0 Å². The quantitative estimate of drug-likeness (QED) is 0.744. The summed E-state index contributed by atoms with van der Waals surface area (Å²) in [5.41, 5.74) is -0.454. The fraction of sp³-hybridized carbons (Fsp3) is 0.722. The summed E-state index contributed by atoms with van der Waals surface area (Å²) in [7, 11) is -3.54. The molecule has 3 rings (SSSR count). The lowest BCUT2D eigenvalue weighted by Crippen LogP contribution is -2.48. The standard InChI is InChI=1S/C18H25Cl2N3O4S/c1-11(24)14-4-2-3-5-16(14)22-28(26,27)13-8-6-12(7-9-13)23-18(25)17(20)15(19)10-21-23/h10,12-14,16,22H,2-9H2,1H3. The largest absolute Gasteiger partial charge is 0.300 e. The van der Waals surface area contributed by atoms with E-state index in [9.17, 15) is 18.0 Å². The van der Waals surface area contributed by atoms with Crippen LogP contribution in [0.1, 0.15) is 64.3 Å². The fourth-order valence-corrected chi connectivity index (χ4v) is 6.40. The van der Waals surface area contributed by atoms with Crippen molar-refractivity contribution in [1.29, 1.82) is 0 Å². The molecule has 0 aromatic carbocycles. The lowest BCUT2D eigenvalue weighted by Gasteiger charge is -2.33. The normalized spacial score (nSPS) is 28.8. The lowest BCUT2D eigenvalue weighted by molar-refractivity contribution is -0.122. The number of sulfonamides is 1. The van der Waals surface area contributed by atoms with Gasteiger partial charge in [0, 0.05) is 12.0 Å². The van der Waals surface area contributed by atoms with Crippen molar-refractivity contribution in [3.63, 3.8) is 0 Å². The maximum Gasteiger partial charge on any atom is 0.287 e. The molecule has 1 N–H and O–H groups in total. The van der Waals surface area contributed by atoms with Gasteiger partial charge >= 0.3 is 0 Å². The van der Waals surface area contributed by atoms with Gasteiger partial charge in [0.25, 0.3) is 5.56 Å². The number of nitrogens with one attached hydrogen (secondary N) is 1. The third-order valence-electron chi connectivity index (χ3n) is 5.93. The second-order valence-corrected chi connectivity index (χ2v) is 10.5. The van der Waals surface area contributed by atoms with E-state index in [4.69, 9.17) is 23.2 Å². The van der Waals surface area contributed by atoms with E-state index in [1.165, 1.54) is 17.8 Å². The van der Waals surface area contributed by atoms with Gasteiger partial charge in [-0.2, -0.15) is 5.10 Å². The molecule has 2 aliphatic rings. The molecular weight excluding hydrogens is 425 g/mol. The molecule has 0 saturated heterocycles. The molecule has 2 atom stereocenters. The van der Waals surface area contributed by atoms with Crippen molar-refractivity contribution >= 4 is 39.0 Å². The number of halogens is 2. The summed E-state index contributed by atoms with van der Waals surface area (Å²) in [5, 5.41) is 3.57. The van der Waals surface area contributed by atoms with Gasteiger partial charge in [0.2, 0.25) is 10.0 Å². The van der Waals surface area contributed by atoms with Gasteiger partial charge in [-0.05, 0) is 45.4 Å². The van der Waals surface area contributed by atoms with Crippen LogP contribution in [-0.4, -0.2) is 35.3 Å². The van der Waals surface area contributed by atoms with Crippen molar-refractivity contribution in [2.24, 2.45) is 5.92 Å². The highest BCUT2D eigenvalue weighted by atomic mass is 35.5. The molecule has 1 aromatic heterocycles. The predicted octanol–water partition coefficient (Wildman–Crippen LogP) is 3.10. The Balaban J connectivity index is 1.66. The van der Waals surface area contributed by atoms with Crippen molar-refractivity contribution in [3.8, 4) is 0 Å². The zero-order valence-corrected chi connectivity index (χ0v) is 18.1. The number of aromatic nitrogens is 2. The van der Waals surface area contributed by atoms with Gasteiger partial charge < -0.3 is 0 Å². The minimum atomic E-state index is -3.54. The molecule has 0 aliphatic heterocycles. The zero-order valence-electron chi connectivity index (χ0n) is 15.7. The number of carbonyl (C=O) groups excluding carboxylic acids is 1. The second kappa shape index (κ2) is 8.81. The molecule has 0 spiro atoms. The van der Waals surface area contributed by atoms with Crippen LogP contribution in [0.15, 0.2) is 11.0 Å². The van der Waals surface area contributed by atoms with E-state index in [1.54, 1.807) is 0 Å². The maximum absolute atomic E-state index is 12.9. The van der Waals surface area contributed by atoms with Gasteiger partial charge in [0.05, 0.1) is 22.5 Å². The Hall–Kier alpha value is -0.960. The van der Waals surface area contributed by atoms with Gasteiger partial charge in [0.1, 0.15) is 10.8 Å². The third kappa shape index (κ3) is 4.61. The van der Waals surface area contributed by atoms with E-state index in [1.807, 2.05) is 0 Å². The first kappa shape index (κ1) is 21.7. The molecule has 7 nitrogen and oxygen atoms in total. The van der Waals surface area contributed by atoms with Gasteiger partial charge in [-0.1, -0.05) is 36.0 Å². The van der Waals surface area contributed by atoms with Crippen molar-refractivity contribution in [1.82, 2.24) is 14.5 Å². The second-order valence-electron chi connectivity index (χ2n) is 7.76. The first-order valence-electron chi connectivity index (χ1n) is 9.65. The molecule has 28 heavy (non-hydrogen) atoms. The topological polar surface area (TPSA) is 98.1 Å². The minimum absolute atomic E-state index is 0.0428. The van der Waals surface area contributed by atoms with Crippen molar-refractivity contribution in [2.75, 3.05) is 0 Å². The molecule has 1 heterocycles. The summed E-state index contributed by atoms with van der Waals surface area (Å²) in [6.07, 6.45) is 6.52. The maximum atomic E-state index is 12.9. The molecule has 0 bridgehead atoms. The summed E-state index contributed by atoms with van der Waals surface area (Å²) in [4.78, 5) is 24.1. The Bertz CT molecular complexity index is 895. The van der Waals surface area contributed by atoms with Crippen LogP contribution in [0.4, 0.5) is 0 Å². The lowest BCUT2D eigenvalue weighted by atomic mass is 9.83. The molecule has 10 heteroatoms. The summed E-state index contributed by atoms with van der Waals surface area (Å²) in [6, 6.07) is -0.512. The Morgan fingerprint density at radius 2 is 1.79 bits per heavy atom. The Morgan fingerprint density at radius 1 is 1.14 bits per heavy atom. The SMILES string of the molecule is CC(=O)C1CCCCC1NS(=O)(=O)C1CCC(n2ncc(Cl)c(Cl)c2=O)CC1. The Morgan fingerprint density at radius 3 is 2.43 bits per heavy atom. The first-order chi connectivity index (χ1) is 13.2. The summed E-state index contributed by atoms with van der Waals surface area (Å²) >= 11 is 11.7. The average molecular weight is 450 g/mol. The van der Waals surface area contributed by atoms with Gasteiger partial charge in [0.15, 0.2) is 0 Å². The highest BCUT2D eigenvalue weighted by Crippen LogP contribution is 2.32. The number of ketones is 1. The Kier molecular flexibility index (Phi) is 6.84. The predicted molar refractivity (Wildman–Crippen MR) is 108 cm³/mol. The van der Waals surface area contributed by atoms with Crippen LogP contribution in [0.25, 0.3) is 0 Å². The van der Waals surface area contributed by atoms with E-state index in [0.717, 1.165) is 19.3 Å². The highest BCUT2D eigenvalue weighted by Gasteiger charge is 2.37. The van der Waals surface area contributed by atoms with Crippen LogP contribution in [0.3, 0.4) is 0 Å². The Labute approximate surface area is 174 Å². The molecule has 0 amide bonds. The summed E-state index contributed by atoms with van der Waals surface area (Å²) < 4.78 is 29.9.